The lowest BCUT2D eigenvalue weighted by Gasteiger charge is -2.33. The van der Waals surface area contributed by atoms with E-state index in [1.807, 2.05) is 42.6 Å². The maximum atomic E-state index is 13.1. The molecule has 2 saturated heterocycles. The van der Waals surface area contributed by atoms with E-state index < -0.39 is 6.10 Å². The fraction of sp³-hybridized carbons (Fsp3) is 0.333. The molecule has 0 bridgehead atoms. The Labute approximate surface area is 187 Å². The van der Waals surface area contributed by atoms with Crippen LogP contribution >= 0.6 is 0 Å². The molecule has 5 rings (SSSR count). The van der Waals surface area contributed by atoms with E-state index in [1.165, 1.54) is 0 Å². The normalized spacial score (nSPS) is 19.4. The van der Waals surface area contributed by atoms with Crippen LogP contribution in [0.1, 0.15) is 6.42 Å². The minimum absolute atomic E-state index is 0.0471. The molecule has 2 aliphatic rings. The molecule has 2 aromatic heterocycles. The van der Waals surface area contributed by atoms with Crippen molar-refractivity contribution in [3.05, 3.63) is 61.2 Å². The zero-order valence-corrected chi connectivity index (χ0v) is 18.1. The molecule has 0 aliphatic carbocycles. The first-order valence-corrected chi connectivity index (χ1v) is 10.9. The van der Waals surface area contributed by atoms with Gasteiger partial charge in [-0.15, -0.1) is 0 Å². The van der Waals surface area contributed by atoms with Crippen molar-refractivity contribution >= 4 is 17.4 Å². The van der Waals surface area contributed by atoms with Crippen LogP contribution in [0.5, 0.6) is 5.88 Å². The molecule has 0 N–H and O–H groups in total. The lowest BCUT2D eigenvalue weighted by molar-refractivity contribution is -0.123. The van der Waals surface area contributed by atoms with Gasteiger partial charge in [0.2, 0.25) is 0 Å². The van der Waals surface area contributed by atoms with Gasteiger partial charge in [0.15, 0.2) is 11.9 Å². The maximum absolute atomic E-state index is 13.1. The average molecular weight is 431 g/mol. The summed E-state index contributed by atoms with van der Waals surface area (Å²) in [5, 5.41) is 0. The highest BCUT2D eigenvalue weighted by atomic mass is 16.5. The molecule has 2 aliphatic heterocycles. The number of amides is 1. The number of anilines is 2. The summed E-state index contributed by atoms with van der Waals surface area (Å²) in [4.78, 5) is 32.4. The number of piperazine rings is 1. The Morgan fingerprint density at radius 2 is 1.69 bits per heavy atom. The van der Waals surface area contributed by atoms with Gasteiger partial charge < -0.3 is 19.4 Å². The number of hydrogen-bond donors (Lipinski definition) is 0. The number of likely N-dealkylation sites (N-methyl/N-ethyl adjacent to an activating group) is 1. The number of aromatic nitrogens is 3. The van der Waals surface area contributed by atoms with E-state index in [-0.39, 0.29) is 5.91 Å². The van der Waals surface area contributed by atoms with Gasteiger partial charge in [0.05, 0.1) is 0 Å². The SMILES string of the molecule is CN1CCN(c2nccnc2OC2CCN(c3ccc(-c4cccnc4)cc3)C2=O)CC1. The second kappa shape index (κ2) is 8.92. The number of ether oxygens (including phenoxy) is 1. The quantitative estimate of drug-likeness (QED) is 0.616. The molecule has 0 radical (unpaired) electrons. The fourth-order valence-electron chi connectivity index (χ4n) is 4.16. The van der Waals surface area contributed by atoms with E-state index in [4.69, 9.17) is 4.74 Å². The molecule has 1 aromatic carbocycles. The number of hydrogen-bond acceptors (Lipinski definition) is 7. The third-order valence-corrected chi connectivity index (χ3v) is 6.03. The van der Waals surface area contributed by atoms with Gasteiger partial charge in [-0.2, -0.15) is 0 Å². The van der Waals surface area contributed by atoms with Crippen LogP contribution in [0.4, 0.5) is 11.5 Å². The van der Waals surface area contributed by atoms with E-state index >= 15 is 0 Å². The minimum atomic E-state index is -0.559. The number of carbonyl (C=O) groups excluding carboxylic acids is 1. The Morgan fingerprint density at radius 3 is 2.44 bits per heavy atom. The number of nitrogens with zero attached hydrogens (tertiary/aromatic N) is 6. The van der Waals surface area contributed by atoms with E-state index in [2.05, 4.69) is 31.8 Å². The molecular formula is C24H26N6O2. The van der Waals surface area contributed by atoms with Crippen LogP contribution in [0, 0.1) is 0 Å². The Bertz CT molecular complexity index is 1070. The monoisotopic (exact) mass is 430 g/mol. The van der Waals surface area contributed by atoms with Gasteiger partial charge in [-0.05, 0) is 36.4 Å². The van der Waals surface area contributed by atoms with E-state index in [0.29, 0.717) is 24.7 Å². The van der Waals surface area contributed by atoms with Crippen molar-refractivity contribution in [3.8, 4) is 17.0 Å². The van der Waals surface area contributed by atoms with Crippen molar-refractivity contribution in [3.63, 3.8) is 0 Å². The molecule has 8 heteroatoms. The van der Waals surface area contributed by atoms with Crippen LogP contribution < -0.4 is 14.5 Å². The summed E-state index contributed by atoms with van der Waals surface area (Å²) < 4.78 is 6.12. The first-order valence-electron chi connectivity index (χ1n) is 10.9. The molecule has 3 aromatic rings. The molecule has 1 atom stereocenters. The summed E-state index contributed by atoms with van der Waals surface area (Å²) >= 11 is 0. The van der Waals surface area contributed by atoms with Crippen molar-refractivity contribution in [2.75, 3.05) is 49.6 Å². The van der Waals surface area contributed by atoms with Gasteiger partial charge in [-0.25, -0.2) is 9.97 Å². The smallest absolute Gasteiger partial charge is 0.268 e. The van der Waals surface area contributed by atoms with Crippen LogP contribution in [0.2, 0.25) is 0 Å². The molecule has 0 saturated carbocycles. The van der Waals surface area contributed by atoms with E-state index in [0.717, 1.165) is 43.0 Å². The molecule has 0 spiro atoms. The third-order valence-electron chi connectivity index (χ3n) is 6.03. The fourth-order valence-corrected chi connectivity index (χ4v) is 4.16. The van der Waals surface area contributed by atoms with Crippen molar-refractivity contribution in [2.45, 2.75) is 12.5 Å². The van der Waals surface area contributed by atoms with E-state index in [1.54, 1.807) is 23.5 Å². The maximum Gasteiger partial charge on any atom is 0.268 e. The Kier molecular flexibility index (Phi) is 5.68. The predicted octanol–water partition coefficient (Wildman–Crippen LogP) is 2.47. The lowest BCUT2D eigenvalue weighted by Crippen LogP contribution is -2.45. The second-order valence-electron chi connectivity index (χ2n) is 8.15. The van der Waals surface area contributed by atoms with Crippen LogP contribution in [0.15, 0.2) is 61.2 Å². The number of carbonyl (C=O) groups is 1. The van der Waals surface area contributed by atoms with E-state index in [9.17, 15) is 4.79 Å². The molecule has 8 nitrogen and oxygen atoms in total. The Hall–Kier alpha value is -3.52. The summed E-state index contributed by atoms with van der Waals surface area (Å²) in [7, 11) is 2.11. The summed E-state index contributed by atoms with van der Waals surface area (Å²) in [5.41, 5.74) is 2.98. The Morgan fingerprint density at radius 1 is 0.906 bits per heavy atom. The molecular weight excluding hydrogens is 404 g/mol. The lowest BCUT2D eigenvalue weighted by atomic mass is 10.1. The topological polar surface area (TPSA) is 74.7 Å². The summed E-state index contributed by atoms with van der Waals surface area (Å²) in [5.74, 6) is 1.10. The summed E-state index contributed by atoms with van der Waals surface area (Å²) in [6, 6.07) is 11.9. The van der Waals surface area contributed by atoms with Crippen molar-refractivity contribution in [1.82, 2.24) is 19.9 Å². The molecule has 2 fully saturated rings. The van der Waals surface area contributed by atoms with Gasteiger partial charge in [0.25, 0.3) is 11.8 Å². The molecule has 1 amide bonds. The van der Waals surface area contributed by atoms with Crippen molar-refractivity contribution in [2.24, 2.45) is 0 Å². The second-order valence-corrected chi connectivity index (χ2v) is 8.15. The van der Waals surface area contributed by atoms with Crippen LogP contribution in [0.3, 0.4) is 0 Å². The van der Waals surface area contributed by atoms with Crippen LogP contribution in [-0.2, 0) is 4.79 Å². The highest BCUT2D eigenvalue weighted by Crippen LogP contribution is 2.30. The third kappa shape index (κ3) is 4.13. The number of rotatable bonds is 5. The standard InChI is InChI=1S/C24H26N6O2/c1-28-13-15-29(16-14-28)22-23(27-11-10-26-22)32-21-8-12-30(24(21)31)20-6-4-18(5-7-20)19-3-2-9-25-17-19/h2-7,9-11,17,21H,8,12-16H2,1H3. The molecule has 32 heavy (non-hydrogen) atoms. The van der Waals surface area contributed by atoms with Crippen molar-refractivity contribution < 1.29 is 9.53 Å². The highest BCUT2D eigenvalue weighted by Gasteiger charge is 2.35. The first-order chi connectivity index (χ1) is 15.7. The van der Waals surface area contributed by atoms with Crippen LogP contribution in [-0.4, -0.2) is 71.6 Å². The molecule has 4 heterocycles. The van der Waals surface area contributed by atoms with Gasteiger partial charge in [0.1, 0.15) is 0 Å². The number of benzene rings is 1. The highest BCUT2D eigenvalue weighted by molar-refractivity contribution is 5.99. The predicted molar refractivity (Wildman–Crippen MR) is 123 cm³/mol. The van der Waals surface area contributed by atoms with Gasteiger partial charge in [-0.1, -0.05) is 18.2 Å². The zero-order chi connectivity index (χ0) is 21.9. The van der Waals surface area contributed by atoms with Crippen LogP contribution in [0.25, 0.3) is 11.1 Å². The zero-order valence-electron chi connectivity index (χ0n) is 18.1. The largest absolute Gasteiger partial charge is 0.462 e. The average Bonchev–Trinajstić information content (AvgIpc) is 3.20. The molecule has 1 unspecified atom stereocenters. The Balaban J connectivity index is 1.29. The van der Waals surface area contributed by atoms with Gasteiger partial charge >= 0.3 is 0 Å². The summed E-state index contributed by atoms with van der Waals surface area (Å²) in [6.45, 7) is 4.25. The van der Waals surface area contributed by atoms with Gasteiger partial charge in [0, 0.05) is 69.6 Å². The van der Waals surface area contributed by atoms with Crippen molar-refractivity contribution in [1.29, 1.82) is 0 Å². The number of pyridine rings is 1. The minimum Gasteiger partial charge on any atom is -0.462 e. The molecule has 164 valence electrons. The van der Waals surface area contributed by atoms with Gasteiger partial charge in [-0.3, -0.25) is 9.78 Å². The first kappa shape index (κ1) is 20.4. The summed E-state index contributed by atoms with van der Waals surface area (Å²) in [6.07, 6.45) is 6.93.